The van der Waals surface area contributed by atoms with E-state index in [1.165, 1.54) is 42.4 Å². The van der Waals surface area contributed by atoms with E-state index in [0.29, 0.717) is 6.04 Å². The number of nitrogens with zero attached hydrogens (tertiary/aromatic N) is 2. The van der Waals surface area contributed by atoms with E-state index in [-0.39, 0.29) is 0 Å². The first-order chi connectivity index (χ1) is 15.2. The molecule has 1 saturated heterocycles. The molecule has 1 aliphatic rings. The van der Waals surface area contributed by atoms with Gasteiger partial charge in [0.2, 0.25) is 0 Å². The van der Waals surface area contributed by atoms with Crippen molar-refractivity contribution >= 4 is 16.6 Å². The number of hydrogen-bond donors (Lipinski definition) is 2. The van der Waals surface area contributed by atoms with E-state index >= 15 is 0 Å². The Morgan fingerprint density at radius 2 is 1.74 bits per heavy atom. The van der Waals surface area contributed by atoms with Gasteiger partial charge >= 0.3 is 0 Å². The lowest BCUT2D eigenvalue weighted by atomic mass is 10.0. The highest BCUT2D eigenvalue weighted by atomic mass is 15.1. The third-order valence-electron chi connectivity index (χ3n) is 5.77. The van der Waals surface area contributed by atoms with Crippen molar-refractivity contribution in [1.29, 1.82) is 0 Å². The third kappa shape index (κ3) is 6.13. The molecule has 1 aromatic heterocycles. The summed E-state index contributed by atoms with van der Waals surface area (Å²) in [6.07, 6.45) is 2.47. The van der Waals surface area contributed by atoms with Crippen LogP contribution < -0.4 is 10.6 Å². The number of benzene rings is 2. The molecule has 31 heavy (non-hydrogen) atoms. The molecule has 0 radical (unpaired) electrons. The van der Waals surface area contributed by atoms with E-state index in [4.69, 9.17) is 0 Å². The number of fused-ring (bicyclic) bond motifs is 1. The molecular formula is C27H36N4. The maximum Gasteiger partial charge on any atom is 0.0949 e. The van der Waals surface area contributed by atoms with Gasteiger partial charge in [-0.05, 0) is 81.7 Å². The van der Waals surface area contributed by atoms with Gasteiger partial charge in [0.25, 0.3) is 0 Å². The van der Waals surface area contributed by atoms with Crippen LogP contribution in [0.4, 0.5) is 5.69 Å². The summed E-state index contributed by atoms with van der Waals surface area (Å²) >= 11 is 0. The zero-order valence-electron chi connectivity index (χ0n) is 19.4. The number of hydrogen-bond acceptors (Lipinski definition) is 3. The fourth-order valence-corrected chi connectivity index (χ4v) is 4.04. The maximum atomic E-state index is 3.74. The Morgan fingerprint density at radius 3 is 2.45 bits per heavy atom. The summed E-state index contributed by atoms with van der Waals surface area (Å²) in [5.74, 6) is 3.29. The van der Waals surface area contributed by atoms with Crippen molar-refractivity contribution in [3.63, 3.8) is 0 Å². The average molecular weight is 417 g/mol. The zero-order valence-corrected chi connectivity index (χ0v) is 19.4. The number of likely N-dealkylation sites (tertiary alicyclic amines) is 1. The van der Waals surface area contributed by atoms with Crippen LogP contribution in [-0.4, -0.2) is 35.6 Å². The van der Waals surface area contributed by atoms with Crippen LogP contribution in [0.25, 0.3) is 10.9 Å². The van der Waals surface area contributed by atoms with Crippen molar-refractivity contribution in [1.82, 2.24) is 14.8 Å². The van der Waals surface area contributed by atoms with E-state index in [1.54, 1.807) is 0 Å². The second-order valence-electron chi connectivity index (χ2n) is 7.87. The Balaban J connectivity index is 0.00000132. The summed E-state index contributed by atoms with van der Waals surface area (Å²) in [7, 11) is 2.21. The van der Waals surface area contributed by atoms with Gasteiger partial charge in [0.05, 0.1) is 5.69 Å². The minimum atomic E-state index is 0.632. The van der Waals surface area contributed by atoms with E-state index in [2.05, 4.69) is 70.3 Å². The van der Waals surface area contributed by atoms with Gasteiger partial charge in [-0.25, -0.2) is 0 Å². The van der Waals surface area contributed by atoms with E-state index in [0.717, 1.165) is 24.5 Å². The van der Waals surface area contributed by atoms with Gasteiger partial charge in [-0.3, -0.25) is 0 Å². The number of aryl methyl sites for hydroxylation is 1. The summed E-state index contributed by atoms with van der Waals surface area (Å²) in [6.45, 7) is 10.4. The van der Waals surface area contributed by atoms with E-state index in [1.807, 2.05) is 44.2 Å². The molecule has 0 bridgehead atoms. The highest BCUT2D eigenvalue weighted by Gasteiger charge is 2.16. The predicted molar refractivity (Wildman–Crippen MR) is 133 cm³/mol. The molecule has 0 amide bonds. The average Bonchev–Trinajstić information content (AvgIpc) is 3.17. The van der Waals surface area contributed by atoms with Crippen molar-refractivity contribution in [2.45, 2.75) is 52.7 Å². The fraction of sp³-hybridized carbons (Fsp3) is 0.407. The monoisotopic (exact) mass is 416 g/mol. The Bertz CT molecular complexity index is 1000. The summed E-state index contributed by atoms with van der Waals surface area (Å²) < 4.78 is 2.28. The standard InChI is InChI=1S/C25H30N4.C2H6/c1-3-29-24(11-14-26-22-7-5-4-6-8-22)18-21-17-20(9-10-25(21)29)19-27-23-12-15-28(2)16-13-23;1-2/h4-10,17-18,23,26-27H,3,12-13,15-16,19H2,1-2H3;1-2H3. The van der Waals surface area contributed by atoms with Crippen molar-refractivity contribution in [2.75, 3.05) is 25.5 Å². The van der Waals surface area contributed by atoms with E-state index in [9.17, 15) is 0 Å². The molecule has 3 aromatic rings. The SMILES string of the molecule is CC.CCn1c(C#CNc2ccccc2)cc2cc(CNC3CCN(C)CC3)ccc21. The topological polar surface area (TPSA) is 32.2 Å². The second kappa shape index (κ2) is 11.6. The molecule has 4 nitrogen and oxygen atoms in total. The molecule has 4 heteroatoms. The molecule has 2 aromatic carbocycles. The molecule has 0 spiro atoms. The third-order valence-corrected chi connectivity index (χ3v) is 5.77. The molecule has 164 valence electrons. The highest BCUT2D eigenvalue weighted by Crippen LogP contribution is 2.21. The lowest BCUT2D eigenvalue weighted by Gasteiger charge is -2.29. The summed E-state index contributed by atoms with van der Waals surface area (Å²) in [6, 6.07) is 22.8. The molecule has 2 heterocycles. The Labute approximate surface area is 187 Å². The lowest BCUT2D eigenvalue weighted by Crippen LogP contribution is -2.40. The first-order valence-electron chi connectivity index (χ1n) is 11.6. The van der Waals surface area contributed by atoms with Gasteiger partial charge in [-0.1, -0.05) is 38.1 Å². The van der Waals surface area contributed by atoms with Crippen LogP contribution in [0.5, 0.6) is 0 Å². The molecule has 4 rings (SSSR count). The molecule has 0 saturated carbocycles. The Kier molecular flexibility index (Phi) is 8.58. The number of anilines is 1. The van der Waals surface area contributed by atoms with Gasteiger partial charge in [-0.15, -0.1) is 0 Å². The highest BCUT2D eigenvalue weighted by molar-refractivity contribution is 5.83. The second-order valence-corrected chi connectivity index (χ2v) is 7.87. The van der Waals surface area contributed by atoms with Crippen LogP contribution in [-0.2, 0) is 13.1 Å². The van der Waals surface area contributed by atoms with Gasteiger partial charge in [0, 0.05) is 41.8 Å². The predicted octanol–water partition coefficient (Wildman–Crippen LogP) is 5.29. The number of para-hydroxylation sites is 1. The molecule has 0 unspecified atom stereocenters. The van der Waals surface area contributed by atoms with Gasteiger partial charge in [0.15, 0.2) is 0 Å². The number of nitrogens with one attached hydrogen (secondary N) is 2. The number of rotatable bonds is 5. The zero-order chi connectivity index (χ0) is 22.1. The van der Waals surface area contributed by atoms with Crippen LogP contribution >= 0.6 is 0 Å². The van der Waals surface area contributed by atoms with Gasteiger partial charge in [-0.2, -0.15) is 0 Å². The number of aromatic nitrogens is 1. The molecule has 1 fully saturated rings. The molecular weight excluding hydrogens is 380 g/mol. The van der Waals surface area contributed by atoms with Crippen LogP contribution in [0.15, 0.2) is 54.6 Å². The number of piperidine rings is 1. The summed E-state index contributed by atoms with van der Waals surface area (Å²) in [5.41, 5.74) is 4.65. The van der Waals surface area contributed by atoms with Crippen molar-refractivity contribution in [3.8, 4) is 12.0 Å². The quantitative estimate of drug-likeness (QED) is 0.438. The van der Waals surface area contributed by atoms with Gasteiger partial charge < -0.3 is 20.1 Å². The van der Waals surface area contributed by atoms with Crippen LogP contribution in [0.1, 0.15) is 44.9 Å². The minimum absolute atomic E-state index is 0.632. The first kappa shape index (κ1) is 22.9. The molecule has 2 N–H and O–H groups in total. The lowest BCUT2D eigenvalue weighted by molar-refractivity contribution is 0.234. The molecule has 0 atom stereocenters. The normalized spacial score (nSPS) is 14.5. The van der Waals surface area contributed by atoms with E-state index < -0.39 is 0 Å². The maximum absolute atomic E-state index is 3.74. The van der Waals surface area contributed by atoms with Gasteiger partial charge in [0.1, 0.15) is 0 Å². The first-order valence-corrected chi connectivity index (χ1v) is 11.6. The fourth-order valence-electron chi connectivity index (χ4n) is 4.04. The van der Waals surface area contributed by atoms with Crippen LogP contribution in [0.2, 0.25) is 0 Å². The van der Waals surface area contributed by atoms with Crippen LogP contribution in [0, 0.1) is 12.0 Å². The Morgan fingerprint density at radius 1 is 1.00 bits per heavy atom. The van der Waals surface area contributed by atoms with Crippen molar-refractivity contribution in [3.05, 3.63) is 65.9 Å². The summed E-state index contributed by atoms with van der Waals surface area (Å²) in [5, 5.41) is 8.17. The van der Waals surface area contributed by atoms with Crippen molar-refractivity contribution in [2.24, 2.45) is 0 Å². The van der Waals surface area contributed by atoms with Crippen molar-refractivity contribution < 1.29 is 0 Å². The van der Waals surface area contributed by atoms with Crippen LogP contribution in [0.3, 0.4) is 0 Å². The largest absolute Gasteiger partial charge is 0.334 e. The summed E-state index contributed by atoms with van der Waals surface area (Å²) in [4.78, 5) is 2.41. The molecule has 1 aliphatic heterocycles. The Hall–Kier alpha value is -2.74. The minimum Gasteiger partial charge on any atom is -0.334 e. The smallest absolute Gasteiger partial charge is 0.0949 e. The molecule has 0 aliphatic carbocycles.